The highest BCUT2D eigenvalue weighted by molar-refractivity contribution is 6.07. The number of likely N-dealkylation sites (tertiary alicyclic amines) is 1. The molecule has 2 atom stereocenters. The Labute approximate surface area is 150 Å². The predicted octanol–water partition coefficient (Wildman–Crippen LogP) is 1.59. The molecule has 0 aromatic heterocycles. The molecule has 2 saturated heterocycles. The fourth-order valence-electron chi connectivity index (χ4n) is 5.23. The molecule has 6 heteroatoms. The number of fused-ring (bicyclic) bond motifs is 1. The van der Waals surface area contributed by atoms with Gasteiger partial charge < -0.3 is 10.6 Å². The highest BCUT2D eigenvalue weighted by Crippen LogP contribution is 2.37. The van der Waals surface area contributed by atoms with Crippen LogP contribution in [-0.2, 0) is 14.4 Å². The molecule has 0 unspecified atom stereocenters. The van der Waals surface area contributed by atoms with Gasteiger partial charge in [-0.3, -0.25) is 19.3 Å². The van der Waals surface area contributed by atoms with E-state index in [0.717, 1.165) is 38.5 Å². The van der Waals surface area contributed by atoms with Gasteiger partial charge in [-0.2, -0.15) is 0 Å². The van der Waals surface area contributed by atoms with Crippen molar-refractivity contribution in [3.8, 4) is 0 Å². The minimum atomic E-state index is -0.223. The topological polar surface area (TPSA) is 78.5 Å². The third-order valence-electron chi connectivity index (χ3n) is 5.79. The van der Waals surface area contributed by atoms with Gasteiger partial charge in [0, 0.05) is 17.1 Å². The number of nitrogens with one attached hydrogen (secondary N) is 2. The van der Waals surface area contributed by atoms with Crippen LogP contribution in [0.2, 0.25) is 0 Å². The Hall–Kier alpha value is -1.43. The number of amides is 3. The second kappa shape index (κ2) is 6.38. The first-order chi connectivity index (χ1) is 11.6. The van der Waals surface area contributed by atoms with Gasteiger partial charge in [0.1, 0.15) is 6.54 Å². The van der Waals surface area contributed by atoms with Crippen molar-refractivity contribution in [1.29, 1.82) is 0 Å². The Morgan fingerprint density at radius 3 is 2.00 bits per heavy atom. The first-order valence-corrected chi connectivity index (χ1v) is 9.52. The summed E-state index contributed by atoms with van der Waals surface area (Å²) in [5, 5.41) is 6.64. The summed E-state index contributed by atoms with van der Waals surface area (Å²) < 4.78 is 0. The van der Waals surface area contributed by atoms with Gasteiger partial charge in [0.15, 0.2) is 0 Å². The maximum Gasteiger partial charge on any atom is 0.240 e. The summed E-state index contributed by atoms with van der Waals surface area (Å²) in [7, 11) is 0. The number of piperidine rings is 1. The first kappa shape index (κ1) is 18.4. The van der Waals surface area contributed by atoms with Crippen LogP contribution in [-0.4, -0.2) is 46.3 Å². The van der Waals surface area contributed by atoms with Gasteiger partial charge in [-0.15, -0.1) is 0 Å². The number of carbonyl (C=O) groups excluding carboxylic acids is 3. The molecule has 140 valence electrons. The summed E-state index contributed by atoms with van der Waals surface area (Å²) in [6.07, 6.45) is 5.22. The van der Waals surface area contributed by atoms with Crippen molar-refractivity contribution < 1.29 is 14.4 Å². The Balaban J connectivity index is 1.61. The molecule has 0 aromatic rings. The standard InChI is InChI=1S/C19H31N3O3/c1-18(2)9-12(10-19(3,4)21-18)20-15(23)11-22-16(24)13-7-5-6-8-14(13)17(22)25/h12-14,21H,5-11H2,1-4H3,(H,20,23)/t13-,14-/m1/s1. The average molecular weight is 349 g/mol. The number of hydrogen-bond acceptors (Lipinski definition) is 4. The molecule has 3 amide bonds. The van der Waals surface area contributed by atoms with Crippen LogP contribution in [0.5, 0.6) is 0 Å². The largest absolute Gasteiger partial charge is 0.352 e. The Morgan fingerprint density at radius 2 is 1.52 bits per heavy atom. The van der Waals surface area contributed by atoms with Crippen molar-refractivity contribution in [2.75, 3.05) is 6.54 Å². The summed E-state index contributed by atoms with van der Waals surface area (Å²) >= 11 is 0. The lowest BCUT2D eigenvalue weighted by atomic mass is 9.79. The lowest BCUT2D eigenvalue weighted by Crippen LogP contribution is -2.62. The third-order valence-corrected chi connectivity index (χ3v) is 5.79. The smallest absolute Gasteiger partial charge is 0.240 e. The van der Waals surface area contributed by atoms with Gasteiger partial charge in [-0.1, -0.05) is 12.8 Å². The van der Waals surface area contributed by atoms with E-state index in [0.29, 0.717) is 0 Å². The zero-order chi connectivity index (χ0) is 18.4. The molecule has 0 spiro atoms. The minimum Gasteiger partial charge on any atom is -0.352 e. The summed E-state index contributed by atoms with van der Waals surface area (Å²) in [4.78, 5) is 38.7. The van der Waals surface area contributed by atoms with E-state index in [-0.39, 0.29) is 53.2 Å². The van der Waals surface area contributed by atoms with Crippen molar-refractivity contribution in [3.05, 3.63) is 0 Å². The minimum absolute atomic E-state index is 0.0498. The number of carbonyl (C=O) groups is 3. The van der Waals surface area contributed by atoms with Crippen LogP contribution in [0.4, 0.5) is 0 Å². The molecule has 1 aliphatic carbocycles. The second-order valence-corrected chi connectivity index (χ2v) is 9.33. The molecule has 1 saturated carbocycles. The summed E-state index contributed by atoms with van der Waals surface area (Å²) in [5.41, 5.74) is -0.123. The molecule has 2 aliphatic heterocycles. The van der Waals surface area contributed by atoms with Crippen LogP contribution >= 0.6 is 0 Å². The van der Waals surface area contributed by atoms with Gasteiger partial charge in [0.2, 0.25) is 17.7 Å². The Kier molecular flexibility index (Phi) is 4.69. The second-order valence-electron chi connectivity index (χ2n) is 9.33. The molecular weight excluding hydrogens is 318 g/mol. The third kappa shape index (κ3) is 3.89. The highest BCUT2D eigenvalue weighted by Gasteiger charge is 2.48. The molecule has 6 nitrogen and oxygen atoms in total. The number of hydrogen-bond donors (Lipinski definition) is 2. The zero-order valence-electron chi connectivity index (χ0n) is 15.9. The predicted molar refractivity (Wildman–Crippen MR) is 94.6 cm³/mol. The molecule has 3 fully saturated rings. The Bertz CT molecular complexity index is 544. The fourth-order valence-corrected chi connectivity index (χ4v) is 5.23. The van der Waals surface area contributed by atoms with Crippen LogP contribution in [0.1, 0.15) is 66.2 Å². The normalized spacial score (nSPS) is 31.8. The van der Waals surface area contributed by atoms with Crippen molar-refractivity contribution in [3.63, 3.8) is 0 Å². The quantitative estimate of drug-likeness (QED) is 0.759. The van der Waals surface area contributed by atoms with Crippen LogP contribution in [0.25, 0.3) is 0 Å². The van der Waals surface area contributed by atoms with E-state index in [4.69, 9.17) is 0 Å². The van der Waals surface area contributed by atoms with Crippen LogP contribution < -0.4 is 10.6 Å². The van der Waals surface area contributed by atoms with E-state index in [1.807, 2.05) is 0 Å². The van der Waals surface area contributed by atoms with Gasteiger partial charge in [-0.25, -0.2) is 0 Å². The SMILES string of the molecule is CC1(C)CC(NC(=O)CN2C(=O)[C@@H]3CCCC[C@H]3C2=O)CC(C)(C)N1. The van der Waals surface area contributed by atoms with Crippen molar-refractivity contribution in [1.82, 2.24) is 15.5 Å². The number of imide groups is 1. The van der Waals surface area contributed by atoms with E-state index >= 15 is 0 Å². The van der Waals surface area contributed by atoms with Gasteiger partial charge in [0.05, 0.1) is 11.8 Å². The summed E-state index contributed by atoms with van der Waals surface area (Å²) in [6.45, 7) is 8.39. The monoisotopic (exact) mass is 349 g/mol. The van der Waals surface area contributed by atoms with Crippen molar-refractivity contribution in [2.45, 2.75) is 83.3 Å². The molecule has 25 heavy (non-hydrogen) atoms. The van der Waals surface area contributed by atoms with Gasteiger partial charge >= 0.3 is 0 Å². The molecule has 0 aromatic carbocycles. The zero-order valence-corrected chi connectivity index (χ0v) is 15.9. The molecule has 0 bridgehead atoms. The van der Waals surface area contributed by atoms with Crippen LogP contribution in [0, 0.1) is 11.8 Å². The molecule has 3 rings (SSSR count). The lowest BCUT2D eigenvalue weighted by Gasteiger charge is -2.46. The Morgan fingerprint density at radius 1 is 1.04 bits per heavy atom. The molecular formula is C19H31N3O3. The van der Waals surface area contributed by atoms with Crippen LogP contribution in [0.15, 0.2) is 0 Å². The van der Waals surface area contributed by atoms with E-state index in [2.05, 4.69) is 38.3 Å². The average Bonchev–Trinajstić information content (AvgIpc) is 2.69. The van der Waals surface area contributed by atoms with Gasteiger partial charge in [0.25, 0.3) is 0 Å². The van der Waals surface area contributed by atoms with E-state index in [1.54, 1.807) is 0 Å². The van der Waals surface area contributed by atoms with Crippen LogP contribution in [0.3, 0.4) is 0 Å². The molecule has 3 aliphatic rings. The van der Waals surface area contributed by atoms with E-state index in [9.17, 15) is 14.4 Å². The maximum absolute atomic E-state index is 12.5. The summed E-state index contributed by atoms with van der Waals surface area (Å²) in [5.74, 6) is -0.887. The van der Waals surface area contributed by atoms with Crippen molar-refractivity contribution in [2.24, 2.45) is 11.8 Å². The molecule has 2 heterocycles. The molecule has 0 radical (unpaired) electrons. The first-order valence-electron chi connectivity index (χ1n) is 9.52. The number of nitrogens with zero attached hydrogens (tertiary/aromatic N) is 1. The maximum atomic E-state index is 12.5. The van der Waals surface area contributed by atoms with Crippen molar-refractivity contribution >= 4 is 17.7 Å². The van der Waals surface area contributed by atoms with Gasteiger partial charge in [-0.05, 0) is 53.4 Å². The number of rotatable bonds is 3. The highest BCUT2D eigenvalue weighted by atomic mass is 16.2. The molecule has 2 N–H and O–H groups in total. The lowest BCUT2D eigenvalue weighted by molar-refractivity contribution is -0.144. The van der Waals surface area contributed by atoms with E-state index in [1.165, 1.54) is 4.90 Å². The van der Waals surface area contributed by atoms with E-state index < -0.39 is 0 Å². The fraction of sp³-hybridized carbons (Fsp3) is 0.842. The summed E-state index contributed by atoms with van der Waals surface area (Å²) in [6, 6.07) is 0.0498.